The Morgan fingerprint density at radius 2 is 1.53 bits per heavy atom. The maximum atomic E-state index is 13.2. The van der Waals surface area contributed by atoms with Gasteiger partial charge >= 0.3 is 0 Å². The topological polar surface area (TPSA) is 80.2 Å². The monoisotopic (exact) mass is 497 g/mol. The van der Waals surface area contributed by atoms with Crippen molar-refractivity contribution in [2.75, 3.05) is 10.0 Å². The molecule has 0 radical (unpaired) electrons. The minimum absolute atomic E-state index is 0.0693. The molecule has 1 amide bonds. The Labute approximate surface area is 210 Å². The lowest BCUT2D eigenvalue weighted by molar-refractivity contribution is 0.102. The molecule has 0 saturated heterocycles. The SMILES string of the molecule is CCn1c2ccccc2c2cc(NC(=O)c3ccc(C)c(S(=O)(=O)Nc4ccccc4C)c3)ccc21. The first kappa shape index (κ1) is 23.6. The minimum atomic E-state index is -3.88. The van der Waals surface area contributed by atoms with Gasteiger partial charge in [0.1, 0.15) is 0 Å². The van der Waals surface area contributed by atoms with Crippen LogP contribution in [0.25, 0.3) is 21.8 Å². The number of sulfonamides is 1. The Balaban J connectivity index is 1.46. The largest absolute Gasteiger partial charge is 0.341 e. The molecule has 0 aliphatic rings. The zero-order valence-corrected chi connectivity index (χ0v) is 21.2. The van der Waals surface area contributed by atoms with E-state index in [2.05, 4.69) is 33.7 Å². The molecular formula is C29H27N3O3S. The van der Waals surface area contributed by atoms with Crippen molar-refractivity contribution in [1.82, 2.24) is 4.57 Å². The zero-order valence-electron chi connectivity index (χ0n) is 20.4. The van der Waals surface area contributed by atoms with E-state index in [9.17, 15) is 13.2 Å². The maximum absolute atomic E-state index is 13.2. The van der Waals surface area contributed by atoms with Crippen LogP contribution >= 0.6 is 0 Å². The summed E-state index contributed by atoms with van der Waals surface area (Å²) >= 11 is 0. The Bertz CT molecular complexity index is 1740. The molecule has 1 aromatic heterocycles. The van der Waals surface area contributed by atoms with Crippen LogP contribution in [0.5, 0.6) is 0 Å². The Morgan fingerprint density at radius 3 is 2.31 bits per heavy atom. The standard InChI is InChI=1S/C29H27N3O3S/c1-4-32-26-12-8-6-10-23(26)24-18-22(15-16-27(24)32)30-29(33)21-14-13-20(3)28(17-21)36(34,35)31-25-11-7-5-9-19(25)2/h5-18,31H,4H2,1-3H3,(H,30,33). The van der Waals surface area contributed by atoms with Gasteiger partial charge in [0, 0.05) is 39.6 Å². The lowest BCUT2D eigenvalue weighted by Gasteiger charge is -2.14. The second kappa shape index (κ2) is 9.17. The van der Waals surface area contributed by atoms with E-state index in [-0.39, 0.29) is 16.4 Å². The van der Waals surface area contributed by atoms with E-state index in [1.54, 1.807) is 31.2 Å². The number of aromatic nitrogens is 1. The van der Waals surface area contributed by atoms with Crippen LogP contribution in [0.4, 0.5) is 11.4 Å². The third-order valence-corrected chi connectivity index (χ3v) is 7.98. The van der Waals surface area contributed by atoms with Crippen molar-refractivity contribution in [3.8, 4) is 0 Å². The Kier molecular flexibility index (Phi) is 6.02. The van der Waals surface area contributed by atoms with E-state index >= 15 is 0 Å². The number of hydrogen-bond acceptors (Lipinski definition) is 3. The number of aryl methyl sites for hydroxylation is 3. The van der Waals surface area contributed by atoms with Gasteiger partial charge in [-0.05, 0) is 74.4 Å². The van der Waals surface area contributed by atoms with Gasteiger partial charge in [-0.2, -0.15) is 0 Å². The highest BCUT2D eigenvalue weighted by molar-refractivity contribution is 7.92. The summed E-state index contributed by atoms with van der Waals surface area (Å²) in [6, 6.07) is 25.9. The molecule has 6 nitrogen and oxygen atoms in total. The number of rotatable bonds is 6. The first-order chi connectivity index (χ1) is 17.3. The van der Waals surface area contributed by atoms with E-state index in [4.69, 9.17) is 0 Å². The molecule has 0 spiro atoms. The first-order valence-electron chi connectivity index (χ1n) is 11.8. The van der Waals surface area contributed by atoms with Crippen LogP contribution in [0.3, 0.4) is 0 Å². The second-order valence-electron chi connectivity index (χ2n) is 8.85. The molecule has 4 aromatic carbocycles. The van der Waals surface area contributed by atoms with Crippen LogP contribution < -0.4 is 10.0 Å². The van der Waals surface area contributed by atoms with Gasteiger partial charge in [-0.3, -0.25) is 9.52 Å². The second-order valence-corrected chi connectivity index (χ2v) is 10.5. The van der Waals surface area contributed by atoms with Crippen molar-refractivity contribution in [3.05, 3.63) is 102 Å². The number of benzene rings is 4. The van der Waals surface area contributed by atoms with Crippen molar-refractivity contribution in [2.45, 2.75) is 32.2 Å². The maximum Gasteiger partial charge on any atom is 0.262 e. The number of hydrogen-bond donors (Lipinski definition) is 2. The summed E-state index contributed by atoms with van der Waals surface area (Å²) in [4.78, 5) is 13.2. The smallest absolute Gasteiger partial charge is 0.262 e. The highest BCUT2D eigenvalue weighted by Crippen LogP contribution is 2.31. The van der Waals surface area contributed by atoms with Crippen LogP contribution in [0.1, 0.15) is 28.4 Å². The molecule has 5 rings (SSSR count). The van der Waals surface area contributed by atoms with Gasteiger partial charge in [-0.1, -0.05) is 42.5 Å². The molecule has 2 N–H and O–H groups in total. The molecule has 0 saturated carbocycles. The summed E-state index contributed by atoms with van der Waals surface area (Å²) in [6.07, 6.45) is 0. The quantitative estimate of drug-likeness (QED) is 0.282. The number of carbonyl (C=O) groups excluding carboxylic acids is 1. The minimum Gasteiger partial charge on any atom is -0.341 e. The molecule has 7 heteroatoms. The number of carbonyl (C=O) groups is 1. The van der Waals surface area contributed by atoms with E-state index < -0.39 is 10.0 Å². The first-order valence-corrected chi connectivity index (χ1v) is 13.3. The van der Waals surface area contributed by atoms with Crippen molar-refractivity contribution in [3.63, 3.8) is 0 Å². The van der Waals surface area contributed by atoms with Gasteiger partial charge in [0.05, 0.1) is 10.6 Å². The van der Waals surface area contributed by atoms with E-state index in [1.807, 2.05) is 49.4 Å². The lowest BCUT2D eigenvalue weighted by atomic mass is 10.1. The van der Waals surface area contributed by atoms with Crippen molar-refractivity contribution < 1.29 is 13.2 Å². The van der Waals surface area contributed by atoms with Crippen LogP contribution in [0.15, 0.2) is 89.8 Å². The van der Waals surface area contributed by atoms with Crippen molar-refractivity contribution in [2.24, 2.45) is 0 Å². The van der Waals surface area contributed by atoms with E-state index in [0.717, 1.165) is 33.9 Å². The molecule has 0 unspecified atom stereocenters. The van der Waals surface area contributed by atoms with E-state index in [1.165, 1.54) is 6.07 Å². The molecule has 0 fully saturated rings. The third-order valence-electron chi connectivity index (χ3n) is 6.48. The summed E-state index contributed by atoms with van der Waals surface area (Å²) in [5.74, 6) is -0.374. The van der Waals surface area contributed by atoms with Crippen LogP contribution in [0.2, 0.25) is 0 Å². The van der Waals surface area contributed by atoms with Gasteiger partial charge in [0.25, 0.3) is 15.9 Å². The predicted molar refractivity (Wildman–Crippen MR) is 146 cm³/mol. The summed E-state index contributed by atoms with van der Waals surface area (Å²) in [5.41, 5.74) is 5.03. The summed E-state index contributed by atoms with van der Waals surface area (Å²) in [7, 11) is -3.88. The molecule has 182 valence electrons. The van der Waals surface area contributed by atoms with Gasteiger partial charge in [-0.25, -0.2) is 8.42 Å². The molecule has 0 atom stereocenters. The van der Waals surface area contributed by atoms with Crippen LogP contribution in [-0.2, 0) is 16.6 Å². The molecule has 0 bridgehead atoms. The number of nitrogens with zero attached hydrogens (tertiary/aromatic N) is 1. The fourth-order valence-electron chi connectivity index (χ4n) is 4.59. The van der Waals surface area contributed by atoms with Crippen LogP contribution in [0, 0.1) is 13.8 Å². The van der Waals surface area contributed by atoms with Gasteiger partial charge in [0.2, 0.25) is 0 Å². The molecular weight excluding hydrogens is 470 g/mol. The normalized spacial score (nSPS) is 11.6. The highest BCUT2D eigenvalue weighted by Gasteiger charge is 2.20. The fraction of sp³-hybridized carbons (Fsp3) is 0.138. The fourth-order valence-corrected chi connectivity index (χ4v) is 6.00. The summed E-state index contributed by atoms with van der Waals surface area (Å²) < 4.78 is 31.2. The number of para-hydroxylation sites is 2. The van der Waals surface area contributed by atoms with Crippen molar-refractivity contribution in [1.29, 1.82) is 0 Å². The number of fused-ring (bicyclic) bond motifs is 3. The molecule has 0 aliphatic heterocycles. The zero-order chi connectivity index (χ0) is 25.4. The predicted octanol–water partition coefficient (Wildman–Crippen LogP) is 6.48. The molecule has 0 aliphatic carbocycles. The lowest BCUT2D eigenvalue weighted by Crippen LogP contribution is -2.17. The van der Waals surface area contributed by atoms with Gasteiger partial charge < -0.3 is 9.88 Å². The molecule has 36 heavy (non-hydrogen) atoms. The number of amides is 1. The Morgan fingerprint density at radius 1 is 0.806 bits per heavy atom. The van der Waals surface area contributed by atoms with Gasteiger partial charge in [0.15, 0.2) is 0 Å². The van der Waals surface area contributed by atoms with Crippen molar-refractivity contribution >= 4 is 49.1 Å². The number of anilines is 2. The Hall–Kier alpha value is -4.10. The van der Waals surface area contributed by atoms with Gasteiger partial charge in [-0.15, -0.1) is 0 Å². The third kappa shape index (κ3) is 4.22. The average molecular weight is 498 g/mol. The average Bonchev–Trinajstić information content (AvgIpc) is 3.18. The summed E-state index contributed by atoms with van der Waals surface area (Å²) in [6.45, 7) is 6.50. The van der Waals surface area contributed by atoms with E-state index in [0.29, 0.717) is 16.9 Å². The molecule has 1 heterocycles. The number of nitrogens with one attached hydrogen (secondary N) is 2. The molecule has 5 aromatic rings. The summed E-state index contributed by atoms with van der Waals surface area (Å²) in [5, 5.41) is 5.11. The highest BCUT2D eigenvalue weighted by atomic mass is 32.2. The van der Waals surface area contributed by atoms with Crippen LogP contribution in [-0.4, -0.2) is 18.9 Å².